The number of benzene rings is 2. The second-order valence-corrected chi connectivity index (χ2v) is 7.81. The maximum absolute atomic E-state index is 11.3. The molecule has 0 amide bonds. The molecule has 0 fully saturated rings. The van der Waals surface area contributed by atoms with Crippen molar-refractivity contribution in [2.75, 3.05) is 12.0 Å². The first-order valence-electron chi connectivity index (χ1n) is 5.37. The van der Waals surface area contributed by atoms with E-state index in [-0.39, 0.29) is 5.75 Å². The first-order chi connectivity index (χ1) is 8.38. The maximum atomic E-state index is 11.3. The summed E-state index contributed by atoms with van der Waals surface area (Å²) in [6, 6.07) is 11.6. The van der Waals surface area contributed by atoms with Crippen molar-refractivity contribution in [3.63, 3.8) is 0 Å². The molecule has 0 radical (unpaired) electrons. The minimum Gasteiger partial charge on any atom is -0.229 e. The third-order valence-corrected chi connectivity index (χ3v) is 4.89. The minimum absolute atomic E-state index is 0.0554. The predicted molar refractivity (Wildman–Crippen MR) is 80.0 cm³/mol. The SMILES string of the molecule is CS(=O)(=O)CC(Cl)c1ccc(Br)c2ccccc12. The lowest BCUT2D eigenvalue weighted by molar-refractivity contribution is 0.600. The Morgan fingerprint density at radius 2 is 1.78 bits per heavy atom. The molecule has 2 rings (SSSR count). The number of hydrogen-bond acceptors (Lipinski definition) is 2. The van der Waals surface area contributed by atoms with Gasteiger partial charge in [-0.05, 0) is 22.4 Å². The van der Waals surface area contributed by atoms with Crippen molar-refractivity contribution in [1.29, 1.82) is 0 Å². The van der Waals surface area contributed by atoms with Gasteiger partial charge in [-0.1, -0.05) is 46.3 Å². The molecule has 1 unspecified atom stereocenters. The summed E-state index contributed by atoms with van der Waals surface area (Å²) >= 11 is 9.71. The molecule has 2 aromatic rings. The number of sulfone groups is 1. The molecule has 0 aliphatic heterocycles. The predicted octanol–water partition coefficient (Wildman–Crippen LogP) is 3.93. The quantitative estimate of drug-likeness (QED) is 0.788. The van der Waals surface area contributed by atoms with Crippen LogP contribution in [0.5, 0.6) is 0 Å². The highest BCUT2D eigenvalue weighted by atomic mass is 79.9. The number of alkyl halides is 1. The Morgan fingerprint density at radius 1 is 1.17 bits per heavy atom. The average molecular weight is 348 g/mol. The topological polar surface area (TPSA) is 34.1 Å². The lowest BCUT2D eigenvalue weighted by Crippen LogP contribution is -2.09. The third-order valence-electron chi connectivity index (χ3n) is 2.69. The van der Waals surface area contributed by atoms with Gasteiger partial charge < -0.3 is 0 Å². The summed E-state index contributed by atoms with van der Waals surface area (Å²) in [6.45, 7) is 0. The smallest absolute Gasteiger partial charge is 0.149 e. The van der Waals surface area contributed by atoms with Crippen molar-refractivity contribution in [2.45, 2.75) is 5.38 Å². The molecule has 5 heteroatoms. The molecule has 0 spiro atoms. The van der Waals surface area contributed by atoms with E-state index in [0.29, 0.717) is 0 Å². The normalized spacial score (nSPS) is 13.7. The van der Waals surface area contributed by atoms with E-state index in [2.05, 4.69) is 15.9 Å². The maximum Gasteiger partial charge on any atom is 0.149 e. The van der Waals surface area contributed by atoms with Crippen LogP contribution in [0, 0.1) is 0 Å². The molecule has 0 N–H and O–H groups in total. The zero-order valence-electron chi connectivity index (χ0n) is 9.73. The summed E-state index contributed by atoms with van der Waals surface area (Å²) in [6.07, 6.45) is 1.20. The van der Waals surface area contributed by atoms with Crippen molar-refractivity contribution in [3.05, 3.63) is 46.4 Å². The number of rotatable bonds is 3. The van der Waals surface area contributed by atoms with Gasteiger partial charge >= 0.3 is 0 Å². The zero-order chi connectivity index (χ0) is 13.3. The molecule has 0 aromatic heterocycles. The van der Waals surface area contributed by atoms with Crippen molar-refractivity contribution >= 4 is 48.1 Å². The van der Waals surface area contributed by atoms with Crippen molar-refractivity contribution in [2.24, 2.45) is 0 Å². The first-order valence-corrected chi connectivity index (χ1v) is 8.66. The molecule has 0 saturated carbocycles. The largest absolute Gasteiger partial charge is 0.229 e. The van der Waals surface area contributed by atoms with Crippen molar-refractivity contribution in [3.8, 4) is 0 Å². The van der Waals surface area contributed by atoms with Crippen LogP contribution in [0.4, 0.5) is 0 Å². The van der Waals surface area contributed by atoms with Gasteiger partial charge in [-0.2, -0.15) is 0 Å². The standard InChI is InChI=1S/C13H12BrClO2S/c1-18(16,17)8-13(15)11-6-7-12(14)10-5-3-2-4-9(10)11/h2-7,13H,8H2,1H3. The summed E-state index contributed by atoms with van der Waals surface area (Å²) in [5, 5.41) is 1.49. The van der Waals surface area contributed by atoms with Gasteiger partial charge in [0.25, 0.3) is 0 Å². The van der Waals surface area contributed by atoms with Crippen LogP contribution in [-0.2, 0) is 9.84 Å². The molecule has 2 aromatic carbocycles. The molecular weight excluding hydrogens is 336 g/mol. The molecule has 18 heavy (non-hydrogen) atoms. The molecule has 1 atom stereocenters. The Kier molecular flexibility index (Phi) is 3.99. The molecule has 0 saturated heterocycles. The van der Waals surface area contributed by atoms with E-state index >= 15 is 0 Å². The van der Waals surface area contributed by atoms with E-state index in [9.17, 15) is 8.42 Å². The van der Waals surface area contributed by atoms with Gasteiger partial charge in [0.2, 0.25) is 0 Å². The van der Waals surface area contributed by atoms with Crippen LogP contribution in [0.1, 0.15) is 10.9 Å². The highest BCUT2D eigenvalue weighted by molar-refractivity contribution is 9.10. The molecule has 0 bridgehead atoms. The van der Waals surface area contributed by atoms with Gasteiger partial charge in [-0.3, -0.25) is 0 Å². The van der Waals surface area contributed by atoms with Gasteiger partial charge in [0, 0.05) is 10.7 Å². The fourth-order valence-corrected chi connectivity index (χ4v) is 3.98. The monoisotopic (exact) mass is 346 g/mol. The van der Waals surface area contributed by atoms with Crippen LogP contribution in [0.25, 0.3) is 10.8 Å². The average Bonchev–Trinajstić information content (AvgIpc) is 2.27. The van der Waals surface area contributed by atoms with Crippen molar-refractivity contribution < 1.29 is 8.42 Å². The van der Waals surface area contributed by atoms with Crippen LogP contribution in [0.2, 0.25) is 0 Å². The second-order valence-electron chi connectivity index (χ2n) is 4.24. The molecule has 0 aliphatic rings. The number of hydrogen-bond donors (Lipinski definition) is 0. The van der Waals surface area contributed by atoms with Gasteiger partial charge in [0.1, 0.15) is 9.84 Å². The highest BCUT2D eigenvalue weighted by Crippen LogP contribution is 2.33. The van der Waals surface area contributed by atoms with Crippen LogP contribution < -0.4 is 0 Å². The Morgan fingerprint density at radius 3 is 2.39 bits per heavy atom. The summed E-state index contributed by atoms with van der Waals surface area (Å²) in [5.74, 6) is -0.0554. The van der Waals surface area contributed by atoms with Gasteiger partial charge in [-0.15, -0.1) is 11.6 Å². The van der Waals surface area contributed by atoms with Gasteiger partial charge in [0.05, 0.1) is 11.1 Å². The Bertz CT molecular complexity index is 682. The van der Waals surface area contributed by atoms with Gasteiger partial charge in [-0.25, -0.2) is 8.42 Å². The summed E-state index contributed by atoms with van der Waals surface area (Å²) in [5.41, 5.74) is 0.848. The zero-order valence-corrected chi connectivity index (χ0v) is 12.9. The highest BCUT2D eigenvalue weighted by Gasteiger charge is 2.17. The van der Waals surface area contributed by atoms with E-state index in [1.54, 1.807) is 0 Å². The van der Waals surface area contributed by atoms with E-state index < -0.39 is 15.2 Å². The Balaban J connectivity index is 2.55. The Hall–Kier alpha value is -0.580. The summed E-state index contributed by atoms with van der Waals surface area (Å²) in [7, 11) is -3.09. The van der Waals surface area contributed by atoms with E-state index in [1.807, 2.05) is 36.4 Å². The summed E-state index contributed by atoms with van der Waals surface area (Å²) < 4.78 is 23.6. The van der Waals surface area contributed by atoms with E-state index in [1.165, 1.54) is 6.26 Å². The molecular formula is C13H12BrClO2S. The van der Waals surface area contributed by atoms with E-state index in [4.69, 9.17) is 11.6 Å². The molecule has 0 heterocycles. The van der Waals surface area contributed by atoms with Crippen LogP contribution >= 0.6 is 27.5 Å². The number of halogens is 2. The molecule has 96 valence electrons. The fraction of sp³-hybridized carbons (Fsp3) is 0.231. The van der Waals surface area contributed by atoms with Crippen molar-refractivity contribution in [1.82, 2.24) is 0 Å². The molecule has 2 nitrogen and oxygen atoms in total. The summed E-state index contributed by atoms with van der Waals surface area (Å²) in [4.78, 5) is 0. The number of fused-ring (bicyclic) bond motifs is 1. The van der Waals surface area contributed by atoms with Crippen LogP contribution in [-0.4, -0.2) is 20.4 Å². The van der Waals surface area contributed by atoms with Crippen LogP contribution in [0.3, 0.4) is 0 Å². The second kappa shape index (κ2) is 5.19. The Labute approximate surface area is 120 Å². The minimum atomic E-state index is -3.09. The molecule has 0 aliphatic carbocycles. The third kappa shape index (κ3) is 3.05. The lowest BCUT2D eigenvalue weighted by atomic mass is 10.0. The van der Waals surface area contributed by atoms with E-state index in [0.717, 1.165) is 20.8 Å². The lowest BCUT2D eigenvalue weighted by Gasteiger charge is -2.13. The first kappa shape index (κ1) is 13.8. The fourth-order valence-electron chi connectivity index (χ4n) is 1.91. The van der Waals surface area contributed by atoms with Gasteiger partial charge in [0.15, 0.2) is 0 Å². The van der Waals surface area contributed by atoms with Crippen LogP contribution in [0.15, 0.2) is 40.9 Å².